The monoisotopic (exact) mass is 579 g/mol. The van der Waals surface area contributed by atoms with Crippen LogP contribution in [0.5, 0.6) is 0 Å². The first-order valence-corrected chi connectivity index (χ1v) is 12.5. The molecule has 1 atom stereocenters. The molecule has 0 radical (unpaired) electrons. The Morgan fingerprint density at radius 3 is 2.61 bits per heavy atom. The van der Waals surface area contributed by atoms with E-state index >= 15 is 0 Å². The molecule has 1 fully saturated rings. The number of benzene rings is 2. The minimum atomic E-state index is -0.578. The first-order chi connectivity index (χ1) is 15.8. The molecule has 0 N–H and O–H groups in total. The molecule has 0 amide bonds. The van der Waals surface area contributed by atoms with E-state index < -0.39 is 5.79 Å². The number of aromatic nitrogens is 1. The van der Waals surface area contributed by atoms with Gasteiger partial charge in [-0.2, -0.15) is 0 Å². The smallest absolute Gasteiger partial charge is 0.355 e. The summed E-state index contributed by atoms with van der Waals surface area (Å²) >= 11 is 8.43. The standard InChI is InChI=1S/C26H27ClINO4/c1-4-31-25(30)24-23(18-6-5-7-20(28)14-18)22(17-8-10-19(27)11-9-17)15-29(24)13-12-21-16-32-26(2,3)33-21/h5-11,14-15,21H,4,12-13,16H2,1-3H3/t21-/m0/s1. The first-order valence-electron chi connectivity index (χ1n) is 11.0. The van der Waals surface area contributed by atoms with E-state index in [4.69, 9.17) is 25.8 Å². The molecule has 1 aliphatic rings. The highest BCUT2D eigenvalue weighted by Gasteiger charge is 2.33. The number of ether oxygens (including phenoxy) is 3. The van der Waals surface area contributed by atoms with Crippen molar-refractivity contribution in [2.45, 2.75) is 45.6 Å². The van der Waals surface area contributed by atoms with E-state index in [9.17, 15) is 4.79 Å². The van der Waals surface area contributed by atoms with Crippen LogP contribution in [0.3, 0.4) is 0 Å². The fourth-order valence-electron chi connectivity index (χ4n) is 4.12. The molecule has 0 unspecified atom stereocenters. The van der Waals surface area contributed by atoms with Gasteiger partial charge >= 0.3 is 5.97 Å². The zero-order chi connectivity index (χ0) is 23.6. The van der Waals surface area contributed by atoms with E-state index in [1.165, 1.54) is 0 Å². The molecule has 2 aromatic carbocycles. The Morgan fingerprint density at radius 2 is 1.97 bits per heavy atom. The van der Waals surface area contributed by atoms with Crippen LogP contribution in [-0.2, 0) is 20.8 Å². The van der Waals surface area contributed by atoms with Crippen LogP contribution in [0, 0.1) is 3.57 Å². The van der Waals surface area contributed by atoms with Gasteiger partial charge in [-0.05, 0) is 85.2 Å². The molecule has 4 rings (SSSR count). The summed E-state index contributed by atoms with van der Waals surface area (Å²) in [6, 6.07) is 15.8. The average molecular weight is 580 g/mol. The number of carbonyl (C=O) groups is 1. The quantitative estimate of drug-likeness (QED) is 0.228. The largest absolute Gasteiger partial charge is 0.461 e. The van der Waals surface area contributed by atoms with Crippen LogP contribution in [0.15, 0.2) is 54.7 Å². The number of esters is 1. The molecule has 1 aromatic heterocycles. The highest BCUT2D eigenvalue weighted by Crippen LogP contribution is 2.38. The highest BCUT2D eigenvalue weighted by molar-refractivity contribution is 14.1. The predicted molar refractivity (Wildman–Crippen MR) is 139 cm³/mol. The lowest BCUT2D eigenvalue weighted by atomic mass is 9.97. The molecule has 0 spiro atoms. The lowest BCUT2D eigenvalue weighted by molar-refractivity contribution is -0.139. The van der Waals surface area contributed by atoms with E-state index in [1.807, 2.05) is 74.0 Å². The third-order valence-electron chi connectivity index (χ3n) is 5.57. The van der Waals surface area contributed by atoms with Gasteiger partial charge < -0.3 is 18.8 Å². The molecule has 7 heteroatoms. The van der Waals surface area contributed by atoms with E-state index in [2.05, 4.69) is 28.7 Å². The maximum atomic E-state index is 13.2. The number of hydrogen-bond donors (Lipinski definition) is 0. The molecule has 1 saturated heterocycles. The zero-order valence-electron chi connectivity index (χ0n) is 18.9. The van der Waals surface area contributed by atoms with Crippen molar-refractivity contribution < 1.29 is 19.0 Å². The van der Waals surface area contributed by atoms with Crippen molar-refractivity contribution in [1.29, 1.82) is 0 Å². The lowest BCUT2D eigenvalue weighted by Gasteiger charge is -2.17. The zero-order valence-corrected chi connectivity index (χ0v) is 21.9. The molecule has 3 aromatic rings. The molecule has 174 valence electrons. The summed E-state index contributed by atoms with van der Waals surface area (Å²) in [5.74, 6) is -0.915. The summed E-state index contributed by atoms with van der Waals surface area (Å²) in [4.78, 5) is 13.2. The Labute approximate surface area is 213 Å². The number of aryl methyl sites for hydroxylation is 1. The molecule has 0 saturated carbocycles. The molecule has 0 aliphatic carbocycles. The number of rotatable bonds is 7. The van der Waals surface area contributed by atoms with Gasteiger partial charge in [0.2, 0.25) is 0 Å². The number of halogens is 2. The van der Waals surface area contributed by atoms with Gasteiger partial charge in [0, 0.05) is 32.5 Å². The van der Waals surface area contributed by atoms with Gasteiger partial charge in [-0.3, -0.25) is 0 Å². The van der Waals surface area contributed by atoms with Gasteiger partial charge in [0.15, 0.2) is 5.79 Å². The lowest BCUT2D eigenvalue weighted by Crippen LogP contribution is -2.22. The van der Waals surface area contributed by atoms with Gasteiger partial charge in [0.05, 0.1) is 19.3 Å². The second kappa shape index (κ2) is 10.2. The summed E-state index contributed by atoms with van der Waals surface area (Å²) in [5, 5.41) is 0.667. The van der Waals surface area contributed by atoms with Crippen LogP contribution in [0.25, 0.3) is 22.3 Å². The predicted octanol–water partition coefficient (Wildman–Crippen LogP) is 6.80. The van der Waals surface area contributed by atoms with Crippen LogP contribution in [0.4, 0.5) is 0 Å². The van der Waals surface area contributed by atoms with E-state index in [0.717, 1.165) is 32.2 Å². The maximum Gasteiger partial charge on any atom is 0.355 e. The van der Waals surface area contributed by atoms with E-state index in [0.29, 0.717) is 30.5 Å². The van der Waals surface area contributed by atoms with Gasteiger partial charge in [0.1, 0.15) is 5.69 Å². The molecule has 2 heterocycles. The Balaban J connectivity index is 1.82. The minimum Gasteiger partial charge on any atom is -0.461 e. The molecule has 0 bridgehead atoms. The topological polar surface area (TPSA) is 49.7 Å². The molecule has 33 heavy (non-hydrogen) atoms. The first kappa shape index (κ1) is 24.3. The minimum absolute atomic E-state index is 0.0300. The van der Waals surface area contributed by atoms with Crippen molar-refractivity contribution in [3.05, 3.63) is 69.0 Å². The van der Waals surface area contributed by atoms with Crippen molar-refractivity contribution in [2.24, 2.45) is 0 Å². The van der Waals surface area contributed by atoms with Crippen molar-refractivity contribution in [3.63, 3.8) is 0 Å². The summed E-state index contributed by atoms with van der Waals surface area (Å²) in [6.07, 6.45) is 2.72. The molecular weight excluding hydrogens is 553 g/mol. The van der Waals surface area contributed by atoms with Crippen LogP contribution >= 0.6 is 34.2 Å². The van der Waals surface area contributed by atoms with Gasteiger partial charge in [0.25, 0.3) is 0 Å². The fraction of sp³-hybridized carbons (Fsp3) is 0.346. The van der Waals surface area contributed by atoms with Crippen LogP contribution in [0.2, 0.25) is 5.02 Å². The van der Waals surface area contributed by atoms with Crippen molar-refractivity contribution in [1.82, 2.24) is 4.57 Å². The van der Waals surface area contributed by atoms with Crippen molar-refractivity contribution in [2.75, 3.05) is 13.2 Å². The van der Waals surface area contributed by atoms with Crippen molar-refractivity contribution >= 4 is 40.2 Å². The Bertz CT molecular complexity index is 1140. The second-order valence-corrected chi connectivity index (χ2v) is 10.1. The average Bonchev–Trinajstić information content (AvgIpc) is 3.32. The molecule has 5 nitrogen and oxygen atoms in total. The second-order valence-electron chi connectivity index (χ2n) is 8.44. The van der Waals surface area contributed by atoms with Gasteiger partial charge in [-0.25, -0.2) is 4.79 Å². The Morgan fingerprint density at radius 1 is 1.21 bits per heavy atom. The Kier molecular flexibility index (Phi) is 7.48. The third kappa shape index (κ3) is 5.62. The van der Waals surface area contributed by atoms with E-state index in [-0.39, 0.29) is 12.1 Å². The molecular formula is C26H27ClINO4. The Hall–Kier alpha value is -1.87. The van der Waals surface area contributed by atoms with Gasteiger partial charge in [-0.1, -0.05) is 35.9 Å². The molecule has 1 aliphatic heterocycles. The highest BCUT2D eigenvalue weighted by atomic mass is 127. The third-order valence-corrected chi connectivity index (χ3v) is 6.50. The summed E-state index contributed by atoms with van der Waals surface area (Å²) < 4.78 is 20.3. The van der Waals surface area contributed by atoms with Crippen LogP contribution in [0.1, 0.15) is 37.7 Å². The van der Waals surface area contributed by atoms with Crippen molar-refractivity contribution in [3.8, 4) is 22.3 Å². The summed E-state index contributed by atoms with van der Waals surface area (Å²) in [5.41, 5.74) is 4.32. The summed E-state index contributed by atoms with van der Waals surface area (Å²) in [6.45, 7) is 7.10. The van der Waals surface area contributed by atoms with Gasteiger partial charge in [-0.15, -0.1) is 0 Å². The van der Waals surface area contributed by atoms with Crippen LogP contribution in [-0.4, -0.2) is 35.6 Å². The number of carbonyl (C=O) groups excluding carboxylic acids is 1. The normalized spacial score (nSPS) is 17.3. The summed E-state index contributed by atoms with van der Waals surface area (Å²) in [7, 11) is 0. The maximum absolute atomic E-state index is 13.2. The number of nitrogens with zero attached hydrogens (tertiary/aromatic N) is 1. The number of hydrogen-bond acceptors (Lipinski definition) is 4. The SMILES string of the molecule is CCOC(=O)c1c(-c2cccc(I)c2)c(-c2ccc(Cl)cc2)cn1CC[C@H]1COC(C)(C)O1. The fourth-order valence-corrected chi connectivity index (χ4v) is 4.79. The van der Waals surface area contributed by atoms with Crippen LogP contribution < -0.4 is 0 Å². The van der Waals surface area contributed by atoms with E-state index in [1.54, 1.807) is 0 Å².